The lowest BCUT2D eigenvalue weighted by molar-refractivity contribution is -0.116. The summed E-state index contributed by atoms with van der Waals surface area (Å²) in [4.78, 5) is 11.8. The molecule has 1 heterocycles. The summed E-state index contributed by atoms with van der Waals surface area (Å²) in [6, 6.07) is 9.59. The molecule has 1 aromatic rings. The van der Waals surface area contributed by atoms with Crippen molar-refractivity contribution in [2.75, 3.05) is 5.32 Å². The molecule has 24 heavy (non-hydrogen) atoms. The van der Waals surface area contributed by atoms with Crippen LogP contribution < -0.4 is 5.32 Å². The zero-order valence-corrected chi connectivity index (χ0v) is 15.4. The summed E-state index contributed by atoms with van der Waals surface area (Å²) >= 11 is 0. The molecule has 1 saturated heterocycles. The molecule has 132 valence electrons. The Morgan fingerprint density at radius 1 is 0.958 bits per heavy atom. The van der Waals surface area contributed by atoms with Crippen molar-refractivity contribution in [3.8, 4) is 0 Å². The number of anilines is 1. The molecular weight excluding hydrogens is 301 g/mol. The first-order valence-corrected chi connectivity index (χ1v) is 9.01. The molecule has 0 saturated carbocycles. The zero-order chi connectivity index (χ0) is 17.6. The van der Waals surface area contributed by atoms with Crippen LogP contribution >= 0.6 is 0 Å². The molecule has 0 unspecified atom stereocenters. The molecule has 1 aliphatic rings. The van der Waals surface area contributed by atoms with Crippen molar-refractivity contribution in [3.05, 3.63) is 30.3 Å². The number of unbranched alkanes of at least 4 members (excludes halogenated alkanes) is 3. The van der Waals surface area contributed by atoms with Gasteiger partial charge >= 0.3 is 7.12 Å². The van der Waals surface area contributed by atoms with E-state index < -0.39 is 0 Å². The fourth-order valence-corrected chi connectivity index (χ4v) is 2.78. The number of rotatable bonds is 8. The average Bonchev–Trinajstić information content (AvgIpc) is 2.71. The number of carbonyl (C=O) groups excluding carboxylic acids is 1. The molecule has 4 nitrogen and oxygen atoms in total. The highest BCUT2D eigenvalue weighted by Crippen LogP contribution is 2.38. The van der Waals surface area contributed by atoms with Gasteiger partial charge in [0.05, 0.1) is 11.2 Å². The van der Waals surface area contributed by atoms with Gasteiger partial charge in [0.15, 0.2) is 0 Å². The van der Waals surface area contributed by atoms with Gasteiger partial charge in [0.25, 0.3) is 0 Å². The summed E-state index contributed by atoms with van der Waals surface area (Å²) in [6.45, 7) is 8.33. The number of carbonyl (C=O) groups is 1. The van der Waals surface area contributed by atoms with Crippen LogP contribution in [0.5, 0.6) is 0 Å². The molecule has 1 N–H and O–H groups in total. The maximum Gasteiger partial charge on any atom is 0.457 e. The molecule has 5 heteroatoms. The van der Waals surface area contributed by atoms with Crippen LogP contribution in [-0.2, 0) is 14.1 Å². The largest absolute Gasteiger partial charge is 0.457 e. The van der Waals surface area contributed by atoms with Crippen molar-refractivity contribution in [3.63, 3.8) is 0 Å². The minimum Gasteiger partial charge on any atom is -0.403 e. The molecule has 1 aromatic carbocycles. The molecule has 1 fully saturated rings. The van der Waals surface area contributed by atoms with Crippen molar-refractivity contribution in [1.82, 2.24) is 0 Å². The van der Waals surface area contributed by atoms with Crippen LogP contribution in [0.2, 0.25) is 6.32 Å². The van der Waals surface area contributed by atoms with Crippen molar-refractivity contribution in [1.29, 1.82) is 0 Å². The van der Waals surface area contributed by atoms with Crippen LogP contribution in [0.3, 0.4) is 0 Å². The molecule has 0 bridgehead atoms. The standard InChI is InChI=1S/C19H30BNO3/c1-18(2)19(3,4)24-20(23-18)15-11-6-5-10-14-17(22)21-16-12-8-7-9-13-16/h7-9,12-13H,5-6,10-11,14-15H2,1-4H3,(H,21,22). The summed E-state index contributed by atoms with van der Waals surface area (Å²) < 4.78 is 12.0. The van der Waals surface area contributed by atoms with Gasteiger partial charge in [-0.05, 0) is 52.6 Å². The Labute approximate surface area is 146 Å². The lowest BCUT2D eigenvalue weighted by Gasteiger charge is -2.32. The lowest BCUT2D eigenvalue weighted by Crippen LogP contribution is -2.41. The average molecular weight is 331 g/mol. The van der Waals surface area contributed by atoms with Gasteiger partial charge in [-0.3, -0.25) is 4.79 Å². The number of amides is 1. The Bertz CT molecular complexity index is 515. The smallest absolute Gasteiger partial charge is 0.403 e. The van der Waals surface area contributed by atoms with Crippen LogP contribution in [-0.4, -0.2) is 24.2 Å². The predicted octanol–water partition coefficient (Wildman–Crippen LogP) is 4.67. The van der Waals surface area contributed by atoms with E-state index in [4.69, 9.17) is 9.31 Å². The first kappa shape index (κ1) is 19.0. The molecule has 1 amide bonds. The summed E-state index contributed by atoms with van der Waals surface area (Å²) in [5.74, 6) is 0.0900. The number of hydrogen-bond acceptors (Lipinski definition) is 3. The Morgan fingerprint density at radius 3 is 2.17 bits per heavy atom. The van der Waals surface area contributed by atoms with Crippen molar-refractivity contribution in [2.45, 2.75) is 77.3 Å². The summed E-state index contributed by atoms with van der Waals surface area (Å²) in [6.07, 6.45) is 5.64. The van der Waals surface area contributed by atoms with Crippen molar-refractivity contribution in [2.24, 2.45) is 0 Å². The molecule has 0 spiro atoms. The second kappa shape index (κ2) is 8.17. The predicted molar refractivity (Wildman–Crippen MR) is 99.0 cm³/mol. The minimum atomic E-state index is -0.243. The van der Waals surface area contributed by atoms with E-state index in [0.717, 1.165) is 37.7 Å². The van der Waals surface area contributed by atoms with Crippen LogP contribution in [0.25, 0.3) is 0 Å². The maximum atomic E-state index is 11.8. The zero-order valence-electron chi connectivity index (χ0n) is 15.4. The van der Waals surface area contributed by atoms with Gasteiger partial charge in [0, 0.05) is 12.1 Å². The van der Waals surface area contributed by atoms with Gasteiger partial charge in [0.1, 0.15) is 0 Å². The molecular formula is C19H30BNO3. The SMILES string of the molecule is CC1(C)OB(CCCCCCC(=O)Nc2ccccc2)OC1(C)C. The van der Waals surface area contributed by atoms with Crippen molar-refractivity contribution < 1.29 is 14.1 Å². The highest BCUT2D eigenvalue weighted by atomic mass is 16.7. The van der Waals surface area contributed by atoms with Gasteiger partial charge in [-0.15, -0.1) is 0 Å². The summed E-state index contributed by atoms with van der Waals surface area (Å²) in [5.41, 5.74) is 0.378. The topological polar surface area (TPSA) is 47.6 Å². The van der Waals surface area contributed by atoms with Crippen LogP contribution in [0, 0.1) is 0 Å². The Kier molecular flexibility index (Phi) is 6.47. The monoisotopic (exact) mass is 331 g/mol. The van der Waals surface area contributed by atoms with E-state index in [1.54, 1.807) is 0 Å². The molecule has 0 atom stereocenters. The number of nitrogens with one attached hydrogen (secondary N) is 1. The number of hydrogen-bond donors (Lipinski definition) is 1. The first-order chi connectivity index (χ1) is 11.3. The summed E-state index contributed by atoms with van der Waals surface area (Å²) in [7, 11) is -0.101. The molecule has 2 rings (SSSR count). The van der Waals surface area contributed by atoms with Crippen LogP contribution in [0.15, 0.2) is 30.3 Å². The number of para-hydroxylation sites is 1. The lowest BCUT2D eigenvalue weighted by atomic mass is 9.82. The highest BCUT2D eigenvalue weighted by molar-refractivity contribution is 6.45. The quantitative estimate of drug-likeness (QED) is 0.556. The van der Waals surface area contributed by atoms with E-state index >= 15 is 0 Å². The molecule has 0 aromatic heterocycles. The second-order valence-electron chi connectivity index (χ2n) is 7.55. The third-order valence-electron chi connectivity index (χ3n) is 4.95. The molecule has 1 aliphatic heterocycles. The summed E-state index contributed by atoms with van der Waals surface area (Å²) in [5, 5.41) is 2.92. The third kappa shape index (κ3) is 5.35. The van der Waals surface area contributed by atoms with Crippen LogP contribution in [0.4, 0.5) is 5.69 Å². The van der Waals surface area contributed by atoms with Crippen molar-refractivity contribution >= 4 is 18.7 Å². The first-order valence-electron chi connectivity index (χ1n) is 9.01. The van der Waals surface area contributed by atoms with Gasteiger partial charge in [0.2, 0.25) is 5.91 Å². The van der Waals surface area contributed by atoms with E-state index in [0.29, 0.717) is 6.42 Å². The van der Waals surface area contributed by atoms with E-state index in [9.17, 15) is 4.79 Å². The van der Waals surface area contributed by atoms with Gasteiger partial charge in [-0.1, -0.05) is 37.5 Å². The van der Waals surface area contributed by atoms with Crippen LogP contribution in [0.1, 0.15) is 59.8 Å². The van der Waals surface area contributed by atoms with E-state index in [1.807, 2.05) is 30.3 Å². The highest BCUT2D eigenvalue weighted by Gasteiger charge is 2.50. The fourth-order valence-electron chi connectivity index (χ4n) is 2.78. The molecule has 0 aliphatic carbocycles. The Morgan fingerprint density at radius 2 is 1.54 bits per heavy atom. The van der Waals surface area contributed by atoms with Gasteiger partial charge < -0.3 is 14.6 Å². The van der Waals surface area contributed by atoms with E-state index in [1.165, 1.54) is 0 Å². The van der Waals surface area contributed by atoms with E-state index in [2.05, 4.69) is 33.0 Å². The van der Waals surface area contributed by atoms with Gasteiger partial charge in [-0.2, -0.15) is 0 Å². The van der Waals surface area contributed by atoms with E-state index in [-0.39, 0.29) is 24.2 Å². The Hall–Kier alpha value is -1.33. The molecule has 0 radical (unpaired) electrons. The third-order valence-corrected chi connectivity index (χ3v) is 4.95. The number of benzene rings is 1. The maximum absolute atomic E-state index is 11.8. The van der Waals surface area contributed by atoms with Gasteiger partial charge in [-0.25, -0.2) is 0 Å². The minimum absolute atomic E-state index is 0.0900. The normalized spacial score (nSPS) is 18.6. The Balaban J connectivity index is 1.54. The second-order valence-corrected chi connectivity index (χ2v) is 7.55. The fraction of sp³-hybridized carbons (Fsp3) is 0.632.